The van der Waals surface area contributed by atoms with Gasteiger partial charge in [-0.15, -0.1) is 0 Å². The lowest BCUT2D eigenvalue weighted by Crippen LogP contribution is -2.28. The van der Waals surface area contributed by atoms with Gasteiger partial charge in [0, 0.05) is 29.7 Å². The Bertz CT molecular complexity index is 952. The highest BCUT2D eigenvalue weighted by molar-refractivity contribution is 6.31. The lowest BCUT2D eigenvalue weighted by Gasteiger charge is -2.18. The number of rotatable bonds is 6. The highest BCUT2D eigenvalue weighted by Crippen LogP contribution is 2.32. The van der Waals surface area contributed by atoms with Gasteiger partial charge in [0.15, 0.2) is 6.61 Å². The molecule has 0 aromatic heterocycles. The number of halogens is 4. The maximum atomic E-state index is 12.7. The summed E-state index contributed by atoms with van der Waals surface area (Å²) in [5.74, 6) is -1.06. The number of ether oxygens (including phenoxy) is 2. The van der Waals surface area contributed by atoms with E-state index in [-0.39, 0.29) is 35.3 Å². The topological polar surface area (TPSA) is 67.9 Å². The molecule has 1 fully saturated rings. The fourth-order valence-corrected chi connectivity index (χ4v) is 3.20. The molecule has 1 unspecified atom stereocenters. The summed E-state index contributed by atoms with van der Waals surface area (Å²) in [6.07, 6.45) is -4.57. The van der Waals surface area contributed by atoms with Gasteiger partial charge in [0.1, 0.15) is 11.5 Å². The van der Waals surface area contributed by atoms with Crippen LogP contribution in [0.4, 0.5) is 24.5 Å². The second-order valence-electron chi connectivity index (χ2n) is 6.64. The van der Waals surface area contributed by atoms with Gasteiger partial charge in [0.2, 0.25) is 11.8 Å². The predicted molar refractivity (Wildman–Crippen MR) is 105 cm³/mol. The summed E-state index contributed by atoms with van der Waals surface area (Å²) in [6.45, 7) is -1.39. The molecule has 1 saturated heterocycles. The number of methoxy groups -OCH3 is 1. The van der Waals surface area contributed by atoms with Crippen LogP contribution in [0.1, 0.15) is 6.42 Å². The highest BCUT2D eigenvalue weighted by atomic mass is 35.5. The Morgan fingerprint density at radius 1 is 1.27 bits per heavy atom. The summed E-state index contributed by atoms with van der Waals surface area (Å²) in [6, 6.07) is 10.8. The standard InChI is InChI=1S/C20H18ClF3N2O4/c1-29-15-4-2-3-14(9-15)26-10-12(7-18(26)27)19(28)25-16-8-13(21)5-6-17(16)30-11-20(22,23)24/h2-6,8-9,12H,7,10-11H2,1H3,(H,25,28). The maximum Gasteiger partial charge on any atom is 0.422 e. The number of amides is 2. The van der Waals surface area contributed by atoms with Crippen LogP contribution in [-0.2, 0) is 9.59 Å². The van der Waals surface area contributed by atoms with E-state index in [4.69, 9.17) is 21.1 Å². The third-order valence-corrected chi connectivity index (χ3v) is 4.69. The van der Waals surface area contributed by atoms with E-state index >= 15 is 0 Å². The molecule has 30 heavy (non-hydrogen) atoms. The zero-order chi connectivity index (χ0) is 21.9. The number of hydrogen-bond acceptors (Lipinski definition) is 4. The minimum atomic E-state index is -4.53. The summed E-state index contributed by atoms with van der Waals surface area (Å²) >= 11 is 5.90. The minimum Gasteiger partial charge on any atom is -0.497 e. The molecule has 0 aliphatic carbocycles. The first-order valence-electron chi connectivity index (χ1n) is 8.90. The predicted octanol–water partition coefficient (Wildman–Crippen LogP) is 4.28. The molecular formula is C20H18ClF3N2O4. The molecule has 6 nitrogen and oxygen atoms in total. The van der Waals surface area contributed by atoms with E-state index in [0.29, 0.717) is 11.4 Å². The molecule has 2 aromatic rings. The lowest BCUT2D eigenvalue weighted by atomic mass is 10.1. The monoisotopic (exact) mass is 442 g/mol. The van der Waals surface area contributed by atoms with E-state index < -0.39 is 24.6 Å². The molecule has 1 N–H and O–H groups in total. The van der Waals surface area contributed by atoms with Crippen LogP contribution >= 0.6 is 11.6 Å². The molecule has 2 aromatic carbocycles. The molecule has 0 spiro atoms. The molecule has 0 bridgehead atoms. The Labute approximate surface area is 175 Å². The fourth-order valence-electron chi connectivity index (χ4n) is 3.03. The van der Waals surface area contributed by atoms with Crippen molar-refractivity contribution in [3.63, 3.8) is 0 Å². The molecule has 1 atom stereocenters. The smallest absolute Gasteiger partial charge is 0.422 e. The third-order valence-electron chi connectivity index (χ3n) is 4.45. The van der Waals surface area contributed by atoms with Gasteiger partial charge in [0.25, 0.3) is 0 Å². The summed E-state index contributed by atoms with van der Waals surface area (Å²) in [7, 11) is 1.50. The van der Waals surface area contributed by atoms with Gasteiger partial charge in [-0.1, -0.05) is 17.7 Å². The average Bonchev–Trinajstić information content (AvgIpc) is 3.08. The first-order valence-corrected chi connectivity index (χ1v) is 9.28. The molecule has 3 rings (SSSR count). The zero-order valence-electron chi connectivity index (χ0n) is 15.8. The largest absolute Gasteiger partial charge is 0.497 e. The van der Waals surface area contributed by atoms with Crippen LogP contribution in [0.2, 0.25) is 5.02 Å². The van der Waals surface area contributed by atoms with Crippen molar-refractivity contribution < 1.29 is 32.2 Å². The van der Waals surface area contributed by atoms with Crippen molar-refractivity contribution >= 4 is 34.8 Å². The normalized spacial score (nSPS) is 16.5. The Kier molecular flexibility index (Phi) is 6.40. The van der Waals surface area contributed by atoms with Crippen molar-refractivity contribution in [1.29, 1.82) is 0 Å². The van der Waals surface area contributed by atoms with Crippen LogP contribution in [0.25, 0.3) is 0 Å². The van der Waals surface area contributed by atoms with Crippen molar-refractivity contribution in [1.82, 2.24) is 0 Å². The third kappa shape index (κ3) is 5.35. The quantitative estimate of drug-likeness (QED) is 0.725. The van der Waals surface area contributed by atoms with Crippen LogP contribution in [-0.4, -0.2) is 38.3 Å². The first kappa shape index (κ1) is 21.8. The van der Waals surface area contributed by atoms with E-state index in [1.807, 2.05) is 0 Å². The second kappa shape index (κ2) is 8.83. The second-order valence-corrected chi connectivity index (χ2v) is 7.08. The van der Waals surface area contributed by atoms with E-state index in [9.17, 15) is 22.8 Å². The number of carbonyl (C=O) groups excluding carboxylic acids is 2. The van der Waals surface area contributed by atoms with E-state index in [2.05, 4.69) is 5.32 Å². The molecule has 0 radical (unpaired) electrons. The SMILES string of the molecule is COc1cccc(N2CC(C(=O)Nc3cc(Cl)ccc3OCC(F)(F)F)CC2=O)c1. The van der Waals surface area contributed by atoms with E-state index in [0.717, 1.165) is 0 Å². The molecule has 2 amide bonds. The van der Waals surface area contributed by atoms with Crippen LogP contribution < -0.4 is 19.7 Å². The number of anilines is 2. The summed E-state index contributed by atoms with van der Waals surface area (Å²) in [5.41, 5.74) is 0.593. The number of nitrogens with one attached hydrogen (secondary N) is 1. The summed E-state index contributed by atoms with van der Waals surface area (Å²) < 4.78 is 47.3. The Hall–Kier alpha value is -2.94. The molecule has 1 heterocycles. The Balaban J connectivity index is 1.72. The van der Waals surface area contributed by atoms with Crippen molar-refractivity contribution in [2.75, 3.05) is 30.5 Å². The van der Waals surface area contributed by atoms with Gasteiger partial charge in [-0.3, -0.25) is 9.59 Å². The molecule has 1 aliphatic rings. The highest BCUT2D eigenvalue weighted by Gasteiger charge is 2.36. The average molecular weight is 443 g/mol. The lowest BCUT2D eigenvalue weighted by molar-refractivity contribution is -0.153. The van der Waals surface area contributed by atoms with Gasteiger partial charge >= 0.3 is 6.18 Å². The first-order chi connectivity index (χ1) is 14.2. The maximum absolute atomic E-state index is 12.7. The van der Waals surface area contributed by atoms with Gasteiger partial charge < -0.3 is 19.7 Å². The molecule has 0 saturated carbocycles. The van der Waals surface area contributed by atoms with Crippen molar-refractivity contribution in [3.8, 4) is 11.5 Å². The fraction of sp³-hybridized carbons (Fsp3) is 0.300. The van der Waals surface area contributed by atoms with Crippen LogP contribution in [0.3, 0.4) is 0 Å². The zero-order valence-corrected chi connectivity index (χ0v) is 16.6. The minimum absolute atomic E-state index is 0.00373. The molecule has 160 valence electrons. The molecule has 10 heteroatoms. The van der Waals surface area contributed by atoms with Gasteiger partial charge in [-0.25, -0.2) is 0 Å². The summed E-state index contributed by atoms with van der Waals surface area (Å²) in [5, 5.41) is 2.74. The number of nitrogens with zero attached hydrogens (tertiary/aromatic N) is 1. The van der Waals surface area contributed by atoms with Gasteiger partial charge in [0.05, 0.1) is 18.7 Å². The van der Waals surface area contributed by atoms with Crippen LogP contribution in [0, 0.1) is 5.92 Å². The van der Waals surface area contributed by atoms with E-state index in [1.54, 1.807) is 24.3 Å². The Morgan fingerprint density at radius 2 is 2.03 bits per heavy atom. The summed E-state index contributed by atoms with van der Waals surface area (Å²) in [4.78, 5) is 26.6. The number of carbonyl (C=O) groups is 2. The number of hydrogen-bond donors (Lipinski definition) is 1. The van der Waals surface area contributed by atoms with Crippen molar-refractivity contribution in [3.05, 3.63) is 47.5 Å². The molecular weight excluding hydrogens is 425 g/mol. The molecule has 1 aliphatic heterocycles. The van der Waals surface area contributed by atoms with Gasteiger partial charge in [-0.05, 0) is 30.3 Å². The number of benzene rings is 2. The van der Waals surface area contributed by atoms with Crippen LogP contribution in [0.15, 0.2) is 42.5 Å². The van der Waals surface area contributed by atoms with Crippen LogP contribution in [0.5, 0.6) is 11.5 Å². The van der Waals surface area contributed by atoms with Gasteiger partial charge in [-0.2, -0.15) is 13.2 Å². The van der Waals surface area contributed by atoms with E-state index in [1.165, 1.54) is 30.2 Å². The van der Waals surface area contributed by atoms with Crippen molar-refractivity contribution in [2.45, 2.75) is 12.6 Å². The number of alkyl halides is 3. The Morgan fingerprint density at radius 3 is 2.73 bits per heavy atom. The van der Waals surface area contributed by atoms with Crippen molar-refractivity contribution in [2.24, 2.45) is 5.92 Å².